The molecule has 0 aliphatic carbocycles. The van der Waals surface area contributed by atoms with Gasteiger partial charge in [0, 0.05) is 11.6 Å². The minimum Gasteiger partial charge on any atom is -0.479 e. The Kier molecular flexibility index (Phi) is 3.93. The van der Waals surface area contributed by atoms with E-state index < -0.39 is 34.3 Å². The van der Waals surface area contributed by atoms with E-state index in [-0.39, 0.29) is 11.8 Å². The van der Waals surface area contributed by atoms with Crippen molar-refractivity contribution in [3.8, 4) is 5.75 Å². The van der Waals surface area contributed by atoms with Gasteiger partial charge in [0.25, 0.3) is 0 Å². The van der Waals surface area contributed by atoms with E-state index in [0.29, 0.717) is 0 Å². The zero-order valence-electron chi connectivity index (χ0n) is 9.12. The zero-order valence-corrected chi connectivity index (χ0v) is 9.12. The molecule has 7 nitrogen and oxygen atoms in total. The fourth-order valence-electron chi connectivity index (χ4n) is 1.15. The number of carbonyl (C=O) groups is 2. The SMILES string of the molecule is CC(Oc1c(F)cc(C=O)cc1[N+](=O)[O-])C(=O)O. The lowest BCUT2D eigenvalue weighted by molar-refractivity contribution is -0.386. The standard InChI is InChI=1S/C10H8FNO6/c1-5(10(14)15)18-9-7(11)2-6(4-13)3-8(9)12(16)17/h2-5H,1H3,(H,14,15). The number of rotatable bonds is 5. The molecule has 0 aliphatic rings. The number of aldehydes is 1. The minimum absolute atomic E-state index is 0.237. The van der Waals surface area contributed by atoms with Gasteiger partial charge in [-0.3, -0.25) is 14.9 Å². The van der Waals surface area contributed by atoms with Crippen LogP contribution in [0.4, 0.5) is 10.1 Å². The van der Waals surface area contributed by atoms with E-state index >= 15 is 0 Å². The maximum atomic E-state index is 13.5. The summed E-state index contributed by atoms with van der Waals surface area (Å²) in [6.07, 6.45) is -1.22. The number of halogens is 1. The van der Waals surface area contributed by atoms with Crippen LogP contribution in [0.25, 0.3) is 0 Å². The first-order valence-electron chi connectivity index (χ1n) is 4.69. The molecule has 0 aromatic heterocycles. The number of hydrogen-bond acceptors (Lipinski definition) is 5. The van der Waals surface area contributed by atoms with Crippen molar-refractivity contribution in [2.24, 2.45) is 0 Å². The molecule has 0 amide bonds. The van der Waals surface area contributed by atoms with Gasteiger partial charge in [-0.1, -0.05) is 0 Å². The Labute approximate surface area is 99.9 Å². The monoisotopic (exact) mass is 257 g/mol. The molecule has 0 saturated heterocycles. The molecular formula is C10H8FNO6. The molecule has 1 aromatic rings. The average Bonchev–Trinajstić information content (AvgIpc) is 2.30. The molecule has 96 valence electrons. The molecule has 0 bridgehead atoms. The van der Waals surface area contributed by atoms with Crippen molar-refractivity contribution in [1.29, 1.82) is 0 Å². The second kappa shape index (κ2) is 5.21. The number of ether oxygens (including phenoxy) is 1. The second-order valence-corrected chi connectivity index (χ2v) is 3.32. The summed E-state index contributed by atoms with van der Waals surface area (Å²) < 4.78 is 18.2. The summed E-state index contributed by atoms with van der Waals surface area (Å²) in [5.41, 5.74) is -1.04. The van der Waals surface area contributed by atoms with Crippen molar-refractivity contribution in [3.63, 3.8) is 0 Å². The summed E-state index contributed by atoms with van der Waals surface area (Å²) >= 11 is 0. The summed E-state index contributed by atoms with van der Waals surface area (Å²) in [5, 5.41) is 19.3. The maximum absolute atomic E-state index is 13.5. The number of carboxylic acids is 1. The normalized spacial score (nSPS) is 11.7. The molecule has 18 heavy (non-hydrogen) atoms. The van der Waals surface area contributed by atoms with E-state index in [1.807, 2.05) is 0 Å². The van der Waals surface area contributed by atoms with Crippen LogP contribution in [0.1, 0.15) is 17.3 Å². The van der Waals surface area contributed by atoms with Crippen LogP contribution in [0, 0.1) is 15.9 Å². The van der Waals surface area contributed by atoms with Crippen LogP contribution >= 0.6 is 0 Å². The van der Waals surface area contributed by atoms with Crippen LogP contribution in [0.5, 0.6) is 5.75 Å². The lowest BCUT2D eigenvalue weighted by Gasteiger charge is -2.11. The summed E-state index contributed by atoms with van der Waals surface area (Å²) in [5.74, 6) is -3.37. The molecule has 0 aliphatic heterocycles. The highest BCUT2D eigenvalue weighted by Gasteiger charge is 2.25. The summed E-state index contributed by atoms with van der Waals surface area (Å²) in [4.78, 5) is 30.7. The van der Waals surface area contributed by atoms with Crippen LogP contribution < -0.4 is 4.74 Å². The Morgan fingerprint density at radius 2 is 2.22 bits per heavy atom. The van der Waals surface area contributed by atoms with E-state index in [4.69, 9.17) is 5.11 Å². The molecular weight excluding hydrogens is 249 g/mol. The van der Waals surface area contributed by atoms with E-state index in [2.05, 4.69) is 4.74 Å². The third kappa shape index (κ3) is 2.78. The fourth-order valence-corrected chi connectivity index (χ4v) is 1.15. The zero-order chi connectivity index (χ0) is 13.9. The Morgan fingerprint density at radius 1 is 1.61 bits per heavy atom. The quantitative estimate of drug-likeness (QED) is 0.485. The van der Waals surface area contributed by atoms with Crippen molar-refractivity contribution >= 4 is 17.9 Å². The van der Waals surface area contributed by atoms with Gasteiger partial charge in [-0.2, -0.15) is 0 Å². The predicted molar refractivity (Wildman–Crippen MR) is 56.2 cm³/mol. The number of carboxylic acid groups (broad SMARTS) is 1. The Balaban J connectivity index is 3.28. The number of nitro groups is 1. The Hall–Kier alpha value is -2.51. The van der Waals surface area contributed by atoms with Gasteiger partial charge in [-0.05, 0) is 13.0 Å². The largest absolute Gasteiger partial charge is 0.479 e. The lowest BCUT2D eigenvalue weighted by atomic mass is 10.2. The minimum atomic E-state index is -1.46. The summed E-state index contributed by atoms with van der Waals surface area (Å²) in [6, 6.07) is 1.53. The first kappa shape index (κ1) is 13.6. The Bertz CT molecular complexity index is 515. The fraction of sp³-hybridized carbons (Fsp3) is 0.200. The molecule has 1 unspecified atom stereocenters. The summed E-state index contributed by atoms with van der Waals surface area (Å²) in [6.45, 7) is 1.10. The summed E-state index contributed by atoms with van der Waals surface area (Å²) in [7, 11) is 0. The number of nitrogens with zero attached hydrogens (tertiary/aromatic N) is 1. The molecule has 0 heterocycles. The van der Waals surface area contributed by atoms with Crippen molar-refractivity contribution < 1.29 is 28.7 Å². The smallest absolute Gasteiger partial charge is 0.344 e. The van der Waals surface area contributed by atoms with Crippen LogP contribution in [-0.4, -0.2) is 28.4 Å². The molecule has 1 rings (SSSR count). The van der Waals surface area contributed by atoms with Gasteiger partial charge >= 0.3 is 11.7 Å². The van der Waals surface area contributed by atoms with Gasteiger partial charge in [-0.25, -0.2) is 9.18 Å². The number of nitro benzene ring substituents is 1. The molecule has 0 radical (unpaired) electrons. The highest BCUT2D eigenvalue weighted by molar-refractivity contribution is 5.78. The van der Waals surface area contributed by atoms with Gasteiger partial charge in [0.15, 0.2) is 11.9 Å². The van der Waals surface area contributed by atoms with Crippen molar-refractivity contribution in [1.82, 2.24) is 0 Å². The third-order valence-electron chi connectivity index (χ3n) is 2.02. The van der Waals surface area contributed by atoms with Gasteiger partial charge in [0.05, 0.1) is 4.92 Å². The average molecular weight is 257 g/mol. The first-order chi connectivity index (χ1) is 8.36. The highest BCUT2D eigenvalue weighted by Crippen LogP contribution is 2.31. The molecule has 0 spiro atoms. The van der Waals surface area contributed by atoms with Gasteiger partial charge in [-0.15, -0.1) is 0 Å². The molecule has 8 heteroatoms. The van der Waals surface area contributed by atoms with Crippen molar-refractivity contribution in [3.05, 3.63) is 33.6 Å². The van der Waals surface area contributed by atoms with Gasteiger partial charge < -0.3 is 9.84 Å². The number of carbonyl (C=O) groups excluding carboxylic acids is 1. The number of benzene rings is 1. The van der Waals surface area contributed by atoms with E-state index in [9.17, 15) is 24.1 Å². The molecule has 1 N–H and O–H groups in total. The number of aliphatic carboxylic acids is 1. The topological polar surface area (TPSA) is 107 Å². The van der Waals surface area contributed by atoms with Crippen LogP contribution in [0.15, 0.2) is 12.1 Å². The van der Waals surface area contributed by atoms with Crippen molar-refractivity contribution in [2.75, 3.05) is 0 Å². The molecule has 1 aromatic carbocycles. The third-order valence-corrected chi connectivity index (χ3v) is 2.02. The highest BCUT2D eigenvalue weighted by atomic mass is 19.1. The van der Waals surface area contributed by atoms with E-state index in [1.165, 1.54) is 0 Å². The van der Waals surface area contributed by atoms with Crippen molar-refractivity contribution in [2.45, 2.75) is 13.0 Å². The van der Waals surface area contributed by atoms with Crippen LogP contribution in [0.2, 0.25) is 0 Å². The number of hydrogen-bond donors (Lipinski definition) is 1. The van der Waals surface area contributed by atoms with Gasteiger partial charge in [0.2, 0.25) is 5.75 Å². The van der Waals surface area contributed by atoms with Crippen LogP contribution in [0.3, 0.4) is 0 Å². The van der Waals surface area contributed by atoms with Crippen LogP contribution in [-0.2, 0) is 4.79 Å². The first-order valence-corrected chi connectivity index (χ1v) is 4.69. The molecule has 0 saturated carbocycles. The molecule has 0 fully saturated rings. The Morgan fingerprint density at radius 3 is 2.67 bits per heavy atom. The molecule has 1 atom stereocenters. The van der Waals surface area contributed by atoms with E-state index in [1.54, 1.807) is 0 Å². The second-order valence-electron chi connectivity index (χ2n) is 3.32. The maximum Gasteiger partial charge on any atom is 0.344 e. The predicted octanol–water partition coefficient (Wildman–Crippen LogP) is 1.40. The lowest BCUT2D eigenvalue weighted by Crippen LogP contribution is -2.23. The van der Waals surface area contributed by atoms with E-state index in [0.717, 1.165) is 19.1 Å². The van der Waals surface area contributed by atoms with Gasteiger partial charge in [0.1, 0.15) is 6.29 Å².